The molecule has 0 unspecified atom stereocenters. The number of anilines is 1. The Morgan fingerprint density at radius 2 is 1.51 bits per heavy atom. The van der Waals surface area contributed by atoms with Crippen molar-refractivity contribution in [3.63, 3.8) is 0 Å². The zero-order valence-corrected chi connectivity index (χ0v) is 23.7. The molecule has 4 atom stereocenters. The van der Waals surface area contributed by atoms with Crippen LogP contribution in [-0.4, -0.2) is 34.5 Å². The second-order valence-electron chi connectivity index (χ2n) is 11.5. The lowest BCUT2D eigenvalue weighted by atomic mass is 9.62. The van der Waals surface area contributed by atoms with Gasteiger partial charge in [0.1, 0.15) is 23.0 Å². The number of fused-ring (bicyclic) bond motifs is 6. The van der Waals surface area contributed by atoms with Gasteiger partial charge in [-0.15, -0.1) is 0 Å². The Balaban J connectivity index is 1.47. The average molecular weight is 573 g/mol. The number of halogens is 1. The minimum atomic E-state index is -1.44. The van der Waals surface area contributed by atoms with E-state index in [1.807, 2.05) is 79.6 Å². The number of Topliss-reactive ketones (excluding diaryl/α,β-unsaturated/α-hetero) is 2. The number of hydrogen-bond acceptors (Lipinski definition) is 5. The zero-order chi connectivity index (χ0) is 29.9. The number of carbonyl (C=O) groups is 3. The van der Waals surface area contributed by atoms with Crippen molar-refractivity contribution < 1.29 is 23.5 Å². The molecule has 1 fully saturated rings. The van der Waals surface area contributed by atoms with Crippen molar-refractivity contribution in [3.8, 4) is 5.75 Å². The van der Waals surface area contributed by atoms with Gasteiger partial charge in [-0.3, -0.25) is 14.4 Å². The van der Waals surface area contributed by atoms with Crippen LogP contribution in [0.1, 0.15) is 57.3 Å². The summed E-state index contributed by atoms with van der Waals surface area (Å²) in [7, 11) is 0. The van der Waals surface area contributed by atoms with Crippen LogP contribution in [0.5, 0.6) is 5.75 Å². The topological polar surface area (TPSA) is 75.7 Å². The number of nitrogens with one attached hydrogen (secondary N) is 1. The van der Waals surface area contributed by atoms with Gasteiger partial charge >= 0.3 is 0 Å². The molecule has 214 valence electrons. The van der Waals surface area contributed by atoms with E-state index in [-0.39, 0.29) is 23.4 Å². The van der Waals surface area contributed by atoms with Crippen molar-refractivity contribution in [2.24, 2.45) is 5.92 Å². The van der Waals surface area contributed by atoms with Gasteiger partial charge in [0, 0.05) is 23.0 Å². The summed E-state index contributed by atoms with van der Waals surface area (Å²) in [6.45, 7) is 3.85. The fourth-order valence-electron chi connectivity index (χ4n) is 7.10. The van der Waals surface area contributed by atoms with E-state index < -0.39 is 35.0 Å². The number of rotatable bonds is 6. The molecule has 0 radical (unpaired) electrons. The van der Waals surface area contributed by atoms with Crippen molar-refractivity contribution in [3.05, 3.63) is 137 Å². The molecule has 0 aliphatic carbocycles. The van der Waals surface area contributed by atoms with Gasteiger partial charge in [0.2, 0.25) is 5.91 Å². The Labute approximate surface area is 248 Å². The lowest BCUT2D eigenvalue weighted by molar-refractivity contribution is -0.122. The van der Waals surface area contributed by atoms with Gasteiger partial charge in [-0.05, 0) is 91.2 Å². The van der Waals surface area contributed by atoms with Crippen molar-refractivity contribution in [2.75, 3.05) is 5.32 Å². The van der Waals surface area contributed by atoms with E-state index in [0.717, 1.165) is 11.1 Å². The van der Waals surface area contributed by atoms with E-state index in [0.29, 0.717) is 22.6 Å². The summed E-state index contributed by atoms with van der Waals surface area (Å²) < 4.78 is 19.8. The third kappa shape index (κ3) is 4.02. The quantitative estimate of drug-likeness (QED) is 0.264. The summed E-state index contributed by atoms with van der Waals surface area (Å²) in [5.41, 5.74) is 2.23. The van der Waals surface area contributed by atoms with E-state index in [1.165, 1.54) is 24.3 Å². The van der Waals surface area contributed by atoms with E-state index in [2.05, 4.69) is 5.32 Å². The molecule has 6 nitrogen and oxygen atoms in total. The highest BCUT2D eigenvalue weighted by molar-refractivity contribution is 6.16. The molecule has 0 aromatic heterocycles. The first kappa shape index (κ1) is 26.8. The number of ketones is 2. The highest BCUT2D eigenvalue weighted by atomic mass is 19.1. The zero-order valence-electron chi connectivity index (χ0n) is 23.7. The van der Waals surface area contributed by atoms with Gasteiger partial charge in [-0.25, -0.2) is 4.39 Å². The predicted octanol–water partition coefficient (Wildman–Crippen LogP) is 6.59. The highest BCUT2D eigenvalue weighted by Gasteiger charge is 2.70. The van der Waals surface area contributed by atoms with Crippen LogP contribution in [0.3, 0.4) is 0 Å². The monoisotopic (exact) mass is 572 g/mol. The molecule has 1 N–H and O–H groups in total. The van der Waals surface area contributed by atoms with E-state index >= 15 is 0 Å². The first-order chi connectivity index (χ1) is 20.8. The van der Waals surface area contributed by atoms with Crippen LogP contribution >= 0.6 is 0 Å². The van der Waals surface area contributed by atoms with Gasteiger partial charge < -0.3 is 15.0 Å². The molecule has 7 rings (SSSR count). The second kappa shape index (κ2) is 10.1. The Kier molecular flexibility index (Phi) is 6.27. The molecular weight excluding hydrogens is 543 g/mol. The van der Waals surface area contributed by atoms with Gasteiger partial charge in [0.05, 0.1) is 18.1 Å². The summed E-state index contributed by atoms with van der Waals surface area (Å²) in [4.78, 5) is 45.7. The SMILES string of the molecule is CC(C)Oc1ccc(C(=O)[C@@H]2[C@H](C(=O)c3ccc(F)cc3)[C@]3(C(=O)Nc4ccccc43)[C@@H]3c4ccccc4C=CN23)cc1. The smallest absolute Gasteiger partial charge is 0.238 e. The molecule has 4 aromatic carbocycles. The molecule has 1 spiro atoms. The molecule has 3 aliphatic rings. The maximum absolute atomic E-state index is 14.7. The van der Waals surface area contributed by atoms with Crippen molar-refractivity contribution in [1.29, 1.82) is 0 Å². The van der Waals surface area contributed by atoms with Crippen LogP contribution in [0.2, 0.25) is 0 Å². The van der Waals surface area contributed by atoms with Gasteiger partial charge in [-0.1, -0.05) is 42.5 Å². The first-order valence-corrected chi connectivity index (χ1v) is 14.4. The average Bonchev–Trinajstić information content (AvgIpc) is 3.49. The molecule has 1 saturated heterocycles. The molecule has 1 amide bonds. The van der Waals surface area contributed by atoms with Crippen LogP contribution < -0.4 is 10.1 Å². The summed E-state index contributed by atoms with van der Waals surface area (Å²) in [5, 5.41) is 3.03. The molecule has 3 aliphatic heterocycles. The number of carbonyl (C=O) groups excluding carboxylic acids is 3. The van der Waals surface area contributed by atoms with E-state index in [9.17, 15) is 18.8 Å². The van der Waals surface area contributed by atoms with Crippen molar-refractivity contribution >= 4 is 29.2 Å². The second-order valence-corrected chi connectivity index (χ2v) is 11.5. The lowest BCUT2D eigenvalue weighted by Gasteiger charge is -2.38. The summed E-state index contributed by atoms with van der Waals surface area (Å²) in [6, 6.07) is 25.6. The number of nitrogens with zero attached hydrogens (tertiary/aromatic N) is 1. The fraction of sp³-hybridized carbons (Fsp3) is 0.194. The molecule has 0 bridgehead atoms. The molecule has 7 heteroatoms. The number of hydrogen-bond donors (Lipinski definition) is 1. The Hall–Kier alpha value is -5.04. The molecule has 0 saturated carbocycles. The number of amides is 1. The van der Waals surface area contributed by atoms with Crippen LogP contribution in [-0.2, 0) is 10.2 Å². The minimum absolute atomic E-state index is 0.0331. The van der Waals surface area contributed by atoms with Crippen LogP contribution in [0.15, 0.2) is 103 Å². The molecular formula is C36H29FN2O4. The summed E-state index contributed by atoms with van der Waals surface area (Å²) in [5.74, 6) is -2.01. The lowest BCUT2D eigenvalue weighted by Crippen LogP contribution is -2.49. The third-order valence-corrected chi connectivity index (χ3v) is 8.76. The highest BCUT2D eigenvalue weighted by Crippen LogP contribution is 2.62. The maximum atomic E-state index is 14.7. The third-order valence-electron chi connectivity index (χ3n) is 8.76. The minimum Gasteiger partial charge on any atom is -0.491 e. The largest absolute Gasteiger partial charge is 0.491 e. The van der Waals surface area contributed by atoms with Crippen LogP contribution in [0.25, 0.3) is 6.08 Å². The van der Waals surface area contributed by atoms with Crippen LogP contribution in [0, 0.1) is 11.7 Å². The first-order valence-electron chi connectivity index (χ1n) is 14.4. The molecule has 3 heterocycles. The Morgan fingerprint density at radius 3 is 2.26 bits per heavy atom. The van der Waals surface area contributed by atoms with E-state index in [4.69, 9.17) is 4.74 Å². The molecule has 4 aromatic rings. The van der Waals surface area contributed by atoms with Crippen LogP contribution in [0.4, 0.5) is 10.1 Å². The number of benzene rings is 4. The number of para-hydroxylation sites is 1. The normalized spacial score (nSPS) is 23.1. The molecule has 43 heavy (non-hydrogen) atoms. The predicted molar refractivity (Wildman–Crippen MR) is 161 cm³/mol. The maximum Gasteiger partial charge on any atom is 0.238 e. The van der Waals surface area contributed by atoms with E-state index in [1.54, 1.807) is 24.3 Å². The summed E-state index contributed by atoms with van der Waals surface area (Å²) in [6.07, 6.45) is 3.72. The van der Waals surface area contributed by atoms with Gasteiger partial charge in [-0.2, -0.15) is 0 Å². The standard InChI is InChI=1S/C36H29FN2O4/c1-21(2)43-26-17-13-24(14-18-26)33(41)31-30(32(40)23-11-15-25(37)16-12-23)36(28-9-5-6-10-29(28)38-35(36)42)34-27-8-4-3-7-22(27)19-20-39(31)34/h3-21,30-31,34H,1-2H3,(H,38,42)/t30-,31+,34+,36+/m1/s1. The van der Waals surface area contributed by atoms with Gasteiger partial charge in [0.15, 0.2) is 11.6 Å². The van der Waals surface area contributed by atoms with Gasteiger partial charge in [0.25, 0.3) is 0 Å². The summed E-state index contributed by atoms with van der Waals surface area (Å²) >= 11 is 0. The Morgan fingerprint density at radius 1 is 0.860 bits per heavy atom. The Bertz CT molecular complexity index is 1800. The van der Waals surface area contributed by atoms with Crippen molar-refractivity contribution in [2.45, 2.75) is 37.5 Å². The fourth-order valence-corrected chi connectivity index (χ4v) is 7.10. The van der Waals surface area contributed by atoms with Crippen molar-refractivity contribution in [1.82, 2.24) is 4.90 Å². The number of ether oxygens (including phenoxy) is 1.